The van der Waals surface area contributed by atoms with Gasteiger partial charge in [0, 0.05) is 57.2 Å². The molecule has 3 rings (SSSR count). The first-order valence-electron chi connectivity index (χ1n) is 8.98. The lowest BCUT2D eigenvalue weighted by Crippen LogP contribution is -2.53. The van der Waals surface area contributed by atoms with Gasteiger partial charge in [0.25, 0.3) is 0 Å². The molecule has 1 N–H and O–H groups in total. The highest BCUT2D eigenvalue weighted by atomic mass is 35.5. The molecule has 1 aromatic carbocycles. The van der Waals surface area contributed by atoms with Crippen molar-refractivity contribution in [2.24, 2.45) is 4.99 Å². The number of guanidine groups is 1. The molecular weight excluding hydrogens is 348 g/mol. The van der Waals surface area contributed by atoms with Gasteiger partial charge < -0.3 is 15.1 Å². The summed E-state index contributed by atoms with van der Waals surface area (Å²) in [7, 11) is 1.84. The highest BCUT2D eigenvalue weighted by Gasteiger charge is 2.20. The Bertz CT molecular complexity index is 696. The minimum Gasteiger partial charge on any atom is -0.356 e. The van der Waals surface area contributed by atoms with Crippen LogP contribution < -0.4 is 10.2 Å². The number of halogens is 1. The first kappa shape index (κ1) is 18.5. The standard InChI is InChI=1S/C19H25ClN6/c1-21-18(22-9-2-4-16-5-7-17(20)8-6-16)25-12-14-26(15-13-25)19-23-10-3-11-24-19/h3,5-8,10-11H,2,4,9,12-15H2,1H3,(H,21,22). The molecule has 26 heavy (non-hydrogen) atoms. The monoisotopic (exact) mass is 372 g/mol. The molecule has 0 amide bonds. The second-order valence-electron chi connectivity index (χ2n) is 6.23. The van der Waals surface area contributed by atoms with Crippen molar-refractivity contribution in [3.05, 3.63) is 53.3 Å². The normalized spacial score (nSPS) is 15.2. The van der Waals surface area contributed by atoms with Crippen LogP contribution in [-0.2, 0) is 6.42 Å². The van der Waals surface area contributed by atoms with Gasteiger partial charge in [-0.1, -0.05) is 23.7 Å². The molecule has 138 valence electrons. The quantitative estimate of drug-likeness (QED) is 0.496. The number of nitrogens with zero attached hydrogens (tertiary/aromatic N) is 5. The van der Waals surface area contributed by atoms with E-state index < -0.39 is 0 Å². The molecule has 1 aliphatic rings. The Labute approximate surface area is 159 Å². The summed E-state index contributed by atoms with van der Waals surface area (Å²) >= 11 is 5.92. The number of nitrogens with one attached hydrogen (secondary N) is 1. The van der Waals surface area contributed by atoms with Crippen LogP contribution in [0.2, 0.25) is 5.02 Å². The van der Waals surface area contributed by atoms with Crippen molar-refractivity contribution in [1.29, 1.82) is 0 Å². The maximum atomic E-state index is 5.92. The SMILES string of the molecule is CN=C(NCCCc1ccc(Cl)cc1)N1CCN(c2ncccn2)CC1. The molecule has 0 radical (unpaired) electrons. The van der Waals surface area contributed by atoms with Crippen LogP contribution in [0.5, 0.6) is 0 Å². The molecule has 1 saturated heterocycles. The second kappa shape index (κ2) is 9.38. The van der Waals surface area contributed by atoms with E-state index in [0.29, 0.717) is 0 Å². The van der Waals surface area contributed by atoms with E-state index in [1.807, 2.05) is 25.2 Å². The second-order valence-corrected chi connectivity index (χ2v) is 6.66. The Balaban J connectivity index is 1.41. The van der Waals surface area contributed by atoms with Gasteiger partial charge in [0.1, 0.15) is 0 Å². The number of piperazine rings is 1. The van der Waals surface area contributed by atoms with Crippen molar-refractivity contribution in [3.8, 4) is 0 Å². The van der Waals surface area contributed by atoms with E-state index in [0.717, 1.165) is 62.5 Å². The lowest BCUT2D eigenvalue weighted by Gasteiger charge is -2.36. The van der Waals surface area contributed by atoms with Crippen molar-refractivity contribution in [2.45, 2.75) is 12.8 Å². The van der Waals surface area contributed by atoms with Gasteiger partial charge in [-0.3, -0.25) is 4.99 Å². The average Bonchev–Trinajstić information content (AvgIpc) is 2.70. The van der Waals surface area contributed by atoms with E-state index in [1.54, 1.807) is 12.4 Å². The summed E-state index contributed by atoms with van der Waals surface area (Å²) in [6.07, 6.45) is 5.66. The maximum Gasteiger partial charge on any atom is 0.225 e. The molecule has 1 aliphatic heterocycles. The Morgan fingerprint density at radius 3 is 2.46 bits per heavy atom. The third-order valence-electron chi connectivity index (χ3n) is 4.46. The van der Waals surface area contributed by atoms with Crippen molar-refractivity contribution in [2.75, 3.05) is 44.7 Å². The highest BCUT2D eigenvalue weighted by molar-refractivity contribution is 6.30. The molecule has 0 bridgehead atoms. The summed E-state index contributed by atoms with van der Waals surface area (Å²) in [4.78, 5) is 17.6. The largest absolute Gasteiger partial charge is 0.356 e. The fourth-order valence-corrected chi connectivity index (χ4v) is 3.17. The minimum atomic E-state index is 0.785. The van der Waals surface area contributed by atoms with Crippen molar-refractivity contribution >= 4 is 23.5 Å². The highest BCUT2D eigenvalue weighted by Crippen LogP contribution is 2.11. The first-order valence-corrected chi connectivity index (χ1v) is 9.36. The minimum absolute atomic E-state index is 0.785. The summed E-state index contributed by atoms with van der Waals surface area (Å²) in [6.45, 7) is 4.52. The van der Waals surface area contributed by atoms with E-state index in [2.05, 4.69) is 42.2 Å². The number of aromatic nitrogens is 2. The van der Waals surface area contributed by atoms with Gasteiger partial charge in [0.2, 0.25) is 5.95 Å². The van der Waals surface area contributed by atoms with Gasteiger partial charge in [0.15, 0.2) is 5.96 Å². The van der Waals surface area contributed by atoms with E-state index in [9.17, 15) is 0 Å². The van der Waals surface area contributed by atoms with Crippen LogP contribution in [0.1, 0.15) is 12.0 Å². The third-order valence-corrected chi connectivity index (χ3v) is 4.72. The lowest BCUT2D eigenvalue weighted by molar-refractivity contribution is 0.370. The fraction of sp³-hybridized carbons (Fsp3) is 0.421. The zero-order valence-corrected chi connectivity index (χ0v) is 15.9. The summed E-state index contributed by atoms with van der Waals surface area (Å²) in [6, 6.07) is 9.90. The van der Waals surface area contributed by atoms with Gasteiger partial charge in [-0.25, -0.2) is 9.97 Å². The zero-order chi connectivity index (χ0) is 18.2. The third kappa shape index (κ3) is 5.08. The van der Waals surface area contributed by atoms with Crippen LogP contribution in [-0.4, -0.2) is 60.6 Å². The van der Waals surface area contributed by atoms with Crippen LogP contribution in [0.3, 0.4) is 0 Å². The summed E-state index contributed by atoms with van der Waals surface area (Å²) in [5, 5.41) is 4.26. The number of anilines is 1. The predicted molar refractivity (Wildman–Crippen MR) is 107 cm³/mol. The van der Waals surface area contributed by atoms with Gasteiger partial charge in [-0.05, 0) is 36.6 Å². The Morgan fingerprint density at radius 1 is 1.12 bits per heavy atom. The molecule has 1 aromatic heterocycles. The number of hydrogen-bond acceptors (Lipinski definition) is 4. The molecule has 6 nitrogen and oxygen atoms in total. The van der Waals surface area contributed by atoms with Crippen LogP contribution in [0.25, 0.3) is 0 Å². The Hall–Kier alpha value is -2.34. The smallest absolute Gasteiger partial charge is 0.225 e. The van der Waals surface area contributed by atoms with Gasteiger partial charge in [0.05, 0.1) is 0 Å². The molecule has 0 unspecified atom stereocenters. The van der Waals surface area contributed by atoms with E-state index in [-0.39, 0.29) is 0 Å². The van der Waals surface area contributed by atoms with Crippen LogP contribution in [0.15, 0.2) is 47.7 Å². The molecular formula is C19H25ClN6. The Morgan fingerprint density at radius 2 is 1.81 bits per heavy atom. The maximum absolute atomic E-state index is 5.92. The average molecular weight is 373 g/mol. The summed E-state index contributed by atoms with van der Waals surface area (Å²) in [5.74, 6) is 1.77. The number of hydrogen-bond donors (Lipinski definition) is 1. The Kier molecular flexibility index (Phi) is 6.66. The molecule has 2 aromatic rings. The summed E-state index contributed by atoms with van der Waals surface area (Å²) in [5.41, 5.74) is 1.31. The summed E-state index contributed by atoms with van der Waals surface area (Å²) < 4.78 is 0. The molecule has 0 spiro atoms. The van der Waals surface area contributed by atoms with Crippen molar-refractivity contribution in [3.63, 3.8) is 0 Å². The van der Waals surface area contributed by atoms with E-state index in [1.165, 1.54) is 5.56 Å². The van der Waals surface area contributed by atoms with Gasteiger partial charge in [-0.2, -0.15) is 0 Å². The molecule has 7 heteroatoms. The first-order chi connectivity index (χ1) is 12.8. The molecule has 0 saturated carbocycles. The zero-order valence-electron chi connectivity index (χ0n) is 15.1. The topological polar surface area (TPSA) is 56.7 Å². The van der Waals surface area contributed by atoms with Crippen LogP contribution >= 0.6 is 11.6 Å². The van der Waals surface area contributed by atoms with Crippen molar-refractivity contribution in [1.82, 2.24) is 20.2 Å². The van der Waals surface area contributed by atoms with Gasteiger partial charge >= 0.3 is 0 Å². The molecule has 2 heterocycles. The predicted octanol–water partition coefficient (Wildman–Crippen LogP) is 2.46. The molecule has 1 fully saturated rings. The van der Waals surface area contributed by atoms with E-state index >= 15 is 0 Å². The number of aryl methyl sites for hydroxylation is 1. The number of aliphatic imine (C=N–C) groups is 1. The van der Waals surface area contributed by atoms with Crippen LogP contribution in [0.4, 0.5) is 5.95 Å². The van der Waals surface area contributed by atoms with Crippen molar-refractivity contribution < 1.29 is 0 Å². The number of benzene rings is 1. The van der Waals surface area contributed by atoms with Gasteiger partial charge in [-0.15, -0.1) is 0 Å². The molecule has 0 atom stereocenters. The van der Waals surface area contributed by atoms with E-state index in [4.69, 9.17) is 11.6 Å². The number of rotatable bonds is 5. The lowest BCUT2D eigenvalue weighted by atomic mass is 10.1. The molecule has 0 aliphatic carbocycles. The fourth-order valence-electron chi connectivity index (χ4n) is 3.05. The van der Waals surface area contributed by atoms with Crippen LogP contribution in [0, 0.1) is 0 Å².